The molecule has 88 valence electrons. The van der Waals surface area contributed by atoms with Crippen LogP contribution >= 0.6 is 0 Å². The molecule has 1 rings (SSSR count). The van der Waals surface area contributed by atoms with E-state index in [9.17, 15) is 5.21 Å². The highest BCUT2D eigenvalue weighted by molar-refractivity contribution is 5.89. The summed E-state index contributed by atoms with van der Waals surface area (Å²) in [5.41, 5.74) is 0.777. The third kappa shape index (κ3) is 2.81. The molecule has 0 saturated heterocycles. The normalized spacial score (nSPS) is 13.2. The molecule has 0 aliphatic carbocycles. The van der Waals surface area contributed by atoms with E-state index < -0.39 is 5.54 Å². The molecule has 0 aliphatic heterocycles. The highest BCUT2D eigenvalue weighted by Gasteiger charge is 2.29. The van der Waals surface area contributed by atoms with Gasteiger partial charge in [-0.05, 0) is 26.3 Å². The summed E-state index contributed by atoms with van der Waals surface area (Å²) >= 11 is 0. The van der Waals surface area contributed by atoms with E-state index in [2.05, 4.69) is 5.16 Å². The zero-order valence-electron chi connectivity index (χ0n) is 9.88. The van der Waals surface area contributed by atoms with E-state index in [4.69, 9.17) is 5.21 Å². The fourth-order valence-electron chi connectivity index (χ4n) is 1.26. The lowest BCUT2D eigenvalue weighted by Gasteiger charge is -2.32. The van der Waals surface area contributed by atoms with Crippen molar-refractivity contribution in [2.75, 3.05) is 0 Å². The third-order valence-corrected chi connectivity index (χ3v) is 2.86. The van der Waals surface area contributed by atoms with Gasteiger partial charge in [-0.1, -0.05) is 35.5 Å². The molecule has 0 bridgehead atoms. The van der Waals surface area contributed by atoms with Crippen molar-refractivity contribution in [2.24, 2.45) is 5.16 Å². The first-order valence-corrected chi connectivity index (χ1v) is 5.18. The van der Waals surface area contributed by atoms with Gasteiger partial charge in [-0.3, -0.25) is 0 Å². The van der Waals surface area contributed by atoms with Crippen LogP contribution in [0.1, 0.15) is 26.3 Å². The lowest BCUT2D eigenvalue weighted by molar-refractivity contribution is -0.146. The molecule has 4 nitrogen and oxygen atoms in total. The number of hydroxylamine groups is 2. The van der Waals surface area contributed by atoms with Crippen LogP contribution in [0.2, 0.25) is 0 Å². The van der Waals surface area contributed by atoms with E-state index >= 15 is 0 Å². The Hall–Kier alpha value is -1.39. The van der Waals surface area contributed by atoms with Crippen molar-refractivity contribution >= 4 is 5.71 Å². The Balaban J connectivity index is 2.76. The summed E-state index contributed by atoms with van der Waals surface area (Å²) in [6, 6.07) is 9.64. The maximum Gasteiger partial charge on any atom is 0.0818 e. The van der Waals surface area contributed by atoms with Crippen molar-refractivity contribution in [2.45, 2.75) is 32.9 Å². The minimum atomic E-state index is -0.690. The largest absolute Gasteiger partial charge is 0.411 e. The number of hydrogen-bond donors (Lipinski definition) is 2. The summed E-state index contributed by atoms with van der Waals surface area (Å²) < 4.78 is 0. The van der Waals surface area contributed by atoms with E-state index in [-0.39, 0.29) is 0 Å². The lowest BCUT2D eigenvalue weighted by atomic mass is 9.98. The van der Waals surface area contributed by atoms with E-state index in [0.717, 1.165) is 10.6 Å². The first-order valence-electron chi connectivity index (χ1n) is 5.18. The first-order chi connectivity index (χ1) is 7.48. The monoisotopic (exact) mass is 222 g/mol. The Morgan fingerprint density at radius 2 is 1.88 bits per heavy atom. The van der Waals surface area contributed by atoms with Crippen LogP contribution in [0.25, 0.3) is 0 Å². The van der Waals surface area contributed by atoms with E-state index in [1.54, 1.807) is 20.8 Å². The van der Waals surface area contributed by atoms with Gasteiger partial charge < -0.3 is 10.4 Å². The molecule has 0 radical (unpaired) electrons. The third-order valence-electron chi connectivity index (χ3n) is 2.86. The van der Waals surface area contributed by atoms with Gasteiger partial charge >= 0.3 is 0 Å². The second kappa shape index (κ2) is 5.09. The standard InChI is InChI=1S/C12H18N2O2/c1-10(13-15)12(2,3)14(16)9-11-7-5-4-6-8-11/h4-8,15-16H,9H2,1-3H3/b13-10-. The summed E-state index contributed by atoms with van der Waals surface area (Å²) in [6.07, 6.45) is 0. The Kier molecular flexibility index (Phi) is 4.04. The van der Waals surface area contributed by atoms with Gasteiger partial charge in [-0.25, -0.2) is 0 Å². The average Bonchev–Trinajstić information content (AvgIpc) is 2.29. The van der Waals surface area contributed by atoms with Crippen LogP contribution in [0, 0.1) is 0 Å². The Bertz CT molecular complexity index is 361. The van der Waals surface area contributed by atoms with Crippen LogP contribution < -0.4 is 0 Å². The number of rotatable bonds is 4. The summed E-state index contributed by atoms with van der Waals surface area (Å²) in [5, 5.41) is 23.0. The zero-order valence-corrected chi connectivity index (χ0v) is 9.88. The maximum atomic E-state index is 9.97. The van der Waals surface area contributed by atoms with Crippen molar-refractivity contribution in [3.63, 3.8) is 0 Å². The SMILES string of the molecule is C/C(=N/O)C(C)(C)N(O)Cc1ccccc1. The smallest absolute Gasteiger partial charge is 0.0818 e. The quantitative estimate of drug-likeness (QED) is 0.467. The molecule has 1 aromatic carbocycles. The molecule has 0 fully saturated rings. The molecule has 0 unspecified atom stereocenters. The van der Waals surface area contributed by atoms with Gasteiger partial charge in [0, 0.05) is 6.54 Å². The summed E-state index contributed by atoms with van der Waals surface area (Å²) in [6.45, 7) is 5.66. The molecule has 0 spiro atoms. The van der Waals surface area contributed by atoms with Gasteiger partial charge in [0.2, 0.25) is 0 Å². The number of nitrogens with zero attached hydrogens (tertiary/aromatic N) is 2. The first kappa shape index (κ1) is 12.7. The van der Waals surface area contributed by atoms with E-state index in [0.29, 0.717) is 12.3 Å². The minimum Gasteiger partial charge on any atom is -0.411 e. The fraction of sp³-hybridized carbons (Fsp3) is 0.417. The minimum absolute atomic E-state index is 0.390. The van der Waals surface area contributed by atoms with E-state index in [1.165, 1.54) is 0 Å². The second-order valence-electron chi connectivity index (χ2n) is 4.29. The summed E-state index contributed by atoms with van der Waals surface area (Å²) in [4.78, 5) is 0. The van der Waals surface area contributed by atoms with Crippen LogP contribution in [0.4, 0.5) is 0 Å². The van der Waals surface area contributed by atoms with Crippen molar-refractivity contribution in [3.8, 4) is 0 Å². The molecule has 1 aromatic rings. The highest BCUT2D eigenvalue weighted by Crippen LogP contribution is 2.17. The van der Waals surface area contributed by atoms with Crippen LogP contribution in [0.5, 0.6) is 0 Å². The average molecular weight is 222 g/mol. The molecule has 2 N–H and O–H groups in total. The van der Waals surface area contributed by atoms with Crippen molar-refractivity contribution < 1.29 is 10.4 Å². The molecule has 0 heterocycles. The Morgan fingerprint density at radius 1 is 1.31 bits per heavy atom. The molecular weight excluding hydrogens is 204 g/mol. The maximum absolute atomic E-state index is 9.97. The molecule has 0 saturated carbocycles. The van der Waals surface area contributed by atoms with Gasteiger partial charge in [-0.2, -0.15) is 5.06 Å². The fourth-order valence-corrected chi connectivity index (χ4v) is 1.26. The topological polar surface area (TPSA) is 56.1 Å². The van der Waals surface area contributed by atoms with Crippen LogP contribution in [-0.2, 0) is 6.54 Å². The van der Waals surface area contributed by atoms with Crippen molar-refractivity contribution in [1.82, 2.24) is 5.06 Å². The van der Waals surface area contributed by atoms with Gasteiger partial charge in [0.05, 0.1) is 11.3 Å². The van der Waals surface area contributed by atoms with Gasteiger partial charge in [0.15, 0.2) is 0 Å². The van der Waals surface area contributed by atoms with Gasteiger partial charge in [0.1, 0.15) is 0 Å². The zero-order chi connectivity index (χ0) is 12.2. The van der Waals surface area contributed by atoms with E-state index in [1.807, 2.05) is 30.3 Å². The summed E-state index contributed by atoms with van der Waals surface area (Å²) in [7, 11) is 0. The molecule has 0 aliphatic rings. The molecule has 0 amide bonds. The van der Waals surface area contributed by atoms with Crippen LogP contribution in [-0.4, -0.2) is 26.7 Å². The second-order valence-corrected chi connectivity index (χ2v) is 4.29. The highest BCUT2D eigenvalue weighted by atomic mass is 16.5. The summed E-state index contributed by atoms with van der Waals surface area (Å²) in [5.74, 6) is 0. The molecular formula is C12H18N2O2. The Labute approximate surface area is 95.8 Å². The van der Waals surface area contributed by atoms with Crippen LogP contribution in [0.15, 0.2) is 35.5 Å². The predicted octanol–water partition coefficient (Wildman–Crippen LogP) is 2.51. The van der Waals surface area contributed by atoms with Crippen molar-refractivity contribution in [1.29, 1.82) is 0 Å². The van der Waals surface area contributed by atoms with Crippen LogP contribution in [0.3, 0.4) is 0 Å². The Morgan fingerprint density at radius 3 is 2.38 bits per heavy atom. The number of benzene rings is 1. The van der Waals surface area contributed by atoms with Gasteiger partial charge in [-0.15, -0.1) is 0 Å². The van der Waals surface area contributed by atoms with Crippen molar-refractivity contribution in [3.05, 3.63) is 35.9 Å². The predicted molar refractivity (Wildman–Crippen MR) is 62.7 cm³/mol. The molecule has 0 aromatic heterocycles. The lowest BCUT2D eigenvalue weighted by Crippen LogP contribution is -2.46. The molecule has 0 atom stereocenters. The number of hydrogen-bond acceptors (Lipinski definition) is 4. The molecule has 16 heavy (non-hydrogen) atoms. The van der Waals surface area contributed by atoms with Gasteiger partial charge in [0.25, 0.3) is 0 Å². The number of oxime groups is 1. The molecule has 4 heteroatoms.